The van der Waals surface area contributed by atoms with Crippen LogP contribution in [0, 0.1) is 0 Å². The number of hydrogen-bond acceptors (Lipinski definition) is 6. The fraction of sp³-hybridized carbons (Fsp3) is 0.182. The highest BCUT2D eigenvalue weighted by Crippen LogP contribution is 2.40. The van der Waals surface area contributed by atoms with E-state index in [4.69, 9.17) is 23.2 Å². The first kappa shape index (κ1) is 26.6. The minimum atomic E-state index is -4.64. The molecule has 0 saturated carbocycles. The highest BCUT2D eigenvalue weighted by atomic mass is 35.5. The molecule has 1 amide bonds. The molecule has 0 unspecified atom stereocenters. The Hall–Kier alpha value is -3.02. The van der Waals surface area contributed by atoms with Crippen molar-refractivity contribution in [1.29, 1.82) is 0 Å². The number of nitrogens with zero attached hydrogens (tertiary/aromatic N) is 2. The molecule has 0 aliphatic carbocycles. The van der Waals surface area contributed by atoms with E-state index in [1.165, 1.54) is 17.1 Å². The molecule has 1 aromatic carbocycles. The van der Waals surface area contributed by atoms with E-state index in [0.717, 1.165) is 17.6 Å². The Bertz CT molecular complexity index is 1330. The van der Waals surface area contributed by atoms with E-state index < -0.39 is 33.3 Å². The van der Waals surface area contributed by atoms with E-state index in [1.54, 1.807) is 44.2 Å². The molecule has 1 aromatic heterocycles. The van der Waals surface area contributed by atoms with Crippen LogP contribution in [0.1, 0.15) is 25.0 Å². The minimum Gasteiger partial charge on any atom is -0.352 e. The van der Waals surface area contributed by atoms with Crippen LogP contribution in [0.2, 0.25) is 5.02 Å². The van der Waals surface area contributed by atoms with E-state index in [2.05, 4.69) is 10.3 Å². The molecule has 1 aliphatic heterocycles. The van der Waals surface area contributed by atoms with Crippen LogP contribution in [0.3, 0.4) is 0 Å². The maximum Gasteiger partial charge on any atom is 0.417 e. The zero-order valence-corrected chi connectivity index (χ0v) is 20.6. The van der Waals surface area contributed by atoms with E-state index in [9.17, 15) is 26.4 Å². The SMILES string of the molecule is CC1(C)NC(Cl)=C(/C=C/C(=O)NS(=O)(=O)/C=C/c2ccccc2)N1c1ncc(C(F)(F)F)cc1Cl. The van der Waals surface area contributed by atoms with Crippen molar-refractivity contribution in [2.45, 2.75) is 25.7 Å². The maximum absolute atomic E-state index is 13.0. The molecule has 7 nitrogen and oxygen atoms in total. The number of carbonyl (C=O) groups excluding carboxylic acids is 1. The van der Waals surface area contributed by atoms with Gasteiger partial charge in [0.25, 0.3) is 15.9 Å². The van der Waals surface area contributed by atoms with E-state index >= 15 is 0 Å². The van der Waals surface area contributed by atoms with Gasteiger partial charge < -0.3 is 5.32 Å². The molecule has 0 fully saturated rings. The summed E-state index contributed by atoms with van der Waals surface area (Å²) in [6, 6.07) is 9.33. The van der Waals surface area contributed by atoms with E-state index in [1.807, 2.05) is 4.72 Å². The maximum atomic E-state index is 13.0. The predicted molar refractivity (Wildman–Crippen MR) is 129 cm³/mol. The zero-order chi connectivity index (χ0) is 26.0. The zero-order valence-electron chi connectivity index (χ0n) is 18.3. The Morgan fingerprint density at radius 3 is 2.43 bits per heavy atom. The van der Waals surface area contributed by atoms with Gasteiger partial charge in [-0.3, -0.25) is 9.69 Å². The number of halogens is 5. The van der Waals surface area contributed by atoms with Gasteiger partial charge in [0.1, 0.15) is 10.8 Å². The van der Waals surface area contributed by atoms with Crippen LogP contribution in [-0.2, 0) is 21.0 Å². The third-order valence-corrected chi connectivity index (χ3v) is 6.22. The van der Waals surface area contributed by atoms with Crippen molar-refractivity contribution in [3.8, 4) is 0 Å². The van der Waals surface area contributed by atoms with Crippen molar-refractivity contribution in [2.75, 3.05) is 4.90 Å². The van der Waals surface area contributed by atoms with E-state index in [0.29, 0.717) is 11.8 Å². The average Bonchev–Trinajstić information content (AvgIpc) is 2.98. The van der Waals surface area contributed by atoms with Gasteiger partial charge in [-0.25, -0.2) is 18.1 Å². The fourth-order valence-corrected chi connectivity index (χ4v) is 4.54. The number of allylic oxidation sites excluding steroid dienone is 1. The van der Waals surface area contributed by atoms with Gasteiger partial charge in [-0.05, 0) is 37.6 Å². The summed E-state index contributed by atoms with van der Waals surface area (Å²) in [5.74, 6) is -1.03. The molecule has 0 bridgehead atoms. The number of sulfonamides is 1. The van der Waals surface area contributed by atoms with Crippen LogP contribution >= 0.6 is 23.2 Å². The predicted octanol–water partition coefficient (Wildman–Crippen LogP) is 4.98. The molecule has 2 aromatic rings. The first-order valence-electron chi connectivity index (χ1n) is 9.88. The largest absolute Gasteiger partial charge is 0.417 e. The Morgan fingerprint density at radius 1 is 1.17 bits per heavy atom. The number of aromatic nitrogens is 1. The third-order valence-electron chi connectivity index (χ3n) is 4.68. The second-order valence-corrected chi connectivity index (χ2v) is 10.2. The Labute approximate surface area is 210 Å². The summed E-state index contributed by atoms with van der Waals surface area (Å²) in [6.45, 7) is 3.32. The van der Waals surface area contributed by atoms with Crippen LogP contribution in [-0.4, -0.2) is 25.0 Å². The number of nitrogens with one attached hydrogen (secondary N) is 2. The summed E-state index contributed by atoms with van der Waals surface area (Å²) >= 11 is 12.4. The van der Waals surface area contributed by atoms with Crippen LogP contribution in [0.5, 0.6) is 0 Å². The minimum absolute atomic E-state index is 0.0450. The first-order chi connectivity index (χ1) is 16.2. The molecule has 1 aliphatic rings. The lowest BCUT2D eigenvalue weighted by Crippen LogP contribution is -2.47. The lowest BCUT2D eigenvalue weighted by molar-refractivity contribution is -0.137. The fourth-order valence-electron chi connectivity index (χ4n) is 3.16. The second kappa shape index (κ2) is 9.92. The standard InChI is InChI=1S/C22H19Cl2F3N4O3S/c1-21(2)29-19(24)17(31(21)20-16(23)12-15(13-28-20)22(25,26)27)8-9-18(32)30-35(33,34)11-10-14-6-4-3-5-7-14/h3-13,29H,1-2H3,(H,30,32)/b9-8+,11-10+. The highest BCUT2D eigenvalue weighted by Gasteiger charge is 2.40. The lowest BCUT2D eigenvalue weighted by atomic mass is 10.2. The molecule has 0 spiro atoms. The number of amides is 1. The number of rotatable bonds is 6. The van der Waals surface area contributed by atoms with Crippen molar-refractivity contribution >= 4 is 51.0 Å². The monoisotopic (exact) mass is 546 g/mol. The molecule has 186 valence electrons. The number of carbonyl (C=O) groups is 1. The molecular weight excluding hydrogens is 528 g/mol. The molecule has 2 N–H and O–H groups in total. The summed E-state index contributed by atoms with van der Waals surface area (Å²) in [4.78, 5) is 17.5. The first-order valence-corrected chi connectivity index (χ1v) is 12.2. The Morgan fingerprint density at radius 2 is 1.83 bits per heavy atom. The third kappa shape index (κ3) is 6.56. The molecule has 0 saturated heterocycles. The summed E-state index contributed by atoms with van der Waals surface area (Å²) in [7, 11) is -4.10. The molecule has 0 radical (unpaired) electrons. The smallest absolute Gasteiger partial charge is 0.352 e. The molecular formula is C22H19Cl2F3N4O3S. The van der Waals surface area contributed by atoms with E-state index in [-0.39, 0.29) is 21.7 Å². The van der Waals surface area contributed by atoms with Crippen molar-refractivity contribution < 1.29 is 26.4 Å². The second-order valence-electron chi connectivity index (χ2n) is 7.80. The van der Waals surface area contributed by atoms with Gasteiger partial charge in [0, 0.05) is 12.3 Å². The van der Waals surface area contributed by atoms with Gasteiger partial charge in [0.2, 0.25) is 0 Å². The number of benzene rings is 1. The number of anilines is 1. The van der Waals surface area contributed by atoms with Gasteiger partial charge in [0.15, 0.2) is 5.82 Å². The summed E-state index contributed by atoms with van der Waals surface area (Å²) < 4.78 is 65.2. The lowest BCUT2D eigenvalue weighted by Gasteiger charge is -2.34. The summed E-state index contributed by atoms with van der Waals surface area (Å²) in [5, 5.41) is 3.50. The molecule has 0 atom stereocenters. The number of alkyl halides is 3. The van der Waals surface area contributed by atoms with Gasteiger partial charge in [-0.2, -0.15) is 13.2 Å². The molecule has 13 heteroatoms. The Balaban J connectivity index is 1.82. The number of hydrogen-bond donors (Lipinski definition) is 2. The summed E-state index contributed by atoms with van der Waals surface area (Å²) in [5.41, 5.74) is -1.27. The topological polar surface area (TPSA) is 91.4 Å². The van der Waals surface area contributed by atoms with Crippen molar-refractivity contribution in [3.05, 3.63) is 87.2 Å². The summed E-state index contributed by atoms with van der Waals surface area (Å²) in [6.07, 6.45) is -0.570. The van der Waals surface area contributed by atoms with Crippen molar-refractivity contribution in [1.82, 2.24) is 15.0 Å². The van der Waals surface area contributed by atoms with Gasteiger partial charge in [-0.15, -0.1) is 0 Å². The quantitative estimate of drug-likeness (QED) is 0.392. The highest BCUT2D eigenvalue weighted by molar-refractivity contribution is 7.93. The average molecular weight is 547 g/mol. The van der Waals surface area contributed by atoms with Crippen LogP contribution < -0.4 is 14.9 Å². The van der Waals surface area contributed by atoms with Crippen molar-refractivity contribution in [3.63, 3.8) is 0 Å². The normalized spacial score (nSPS) is 16.3. The molecule has 3 rings (SSSR count). The molecule has 35 heavy (non-hydrogen) atoms. The van der Waals surface area contributed by atoms with Gasteiger partial charge in [-0.1, -0.05) is 53.5 Å². The van der Waals surface area contributed by atoms with Crippen LogP contribution in [0.15, 0.2) is 71.0 Å². The number of pyridine rings is 1. The van der Waals surface area contributed by atoms with Gasteiger partial charge >= 0.3 is 6.18 Å². The van der Waals surface area contributed by atoms with Crippen molar-refractivity contribution in [2.24, 2.45) is 0 Å². The van der Waals surface area contributed by atoms with Crippen LogP contribution in [0.4, 0.5) is 19.0 Å². The van der Waals surface area contributed by atoms with Gasteiger partial charge in [0.05, 0.1) is 21.7 Å². The Kier molecular flexibility index (Phi) is 7.53. The van der Waals surface area contributed by atoms with Crippen LogP contribution in [0.25, 0.3) is 6.08 Å². The molecule has 2 heterocycles.